The Labute approximate surface area is 166 Å². The van der Waals surface area contributed by atoms with Gasteiger partial charge in [-0.1, -0.05) is 18.2 Å². The Morgan fingerprint density at radius 1 is 1.36 bits per heavy atom. The van der Waals surface area contributed by atoms with Crippen LogP contribution in [0.15, 0.2) is 29.3 Å². The zero-order valence-corrected chi connectivity index (χ0v) is 16.9. The molecule has 6 nitrogen and oxygen atoms in total. The lowest BCUT2D eigenvalue weighted by Gasteiger charge is -2.26. The van der Waals surface area contributed by atoms with Gasteiger partial charge in [-0.3, -0.25) is 9.79 Å². The maximum absolute atomic E-state index is 11.9. The third-order valence-electron chi connectivity index (χ3n) is 4.44. The lowest BCUT2D eigenvalue weighted by Crippen LogP contribution is -2.41. The normalized spacial score (nSPS) is 22.6. The molecule has 0 bridgehead atoms. The van der Waals surface area contributed by atoms with Crippen molar-refractivity contribution in [2.45, 2.75) is 38.2 Å². The first-order chi connectivity index (χ1) is 11.8. The average molecular weight is 458 g/mol. The predicted molar refractivity (Wildman–Crippen MR) is 111 cm³/mol. The molecule has 0 aromatic heterocycles. The molecule has 1 saturated heterocycles. The number of halogens is 1. The van der Waals surface area contributed by atoms with E-state index in [1.807, 2.05) is 25.1 Å². The quantitative estimate of drug-likeness (QED) is 0.360. The van der Waals surface area contributed by atoms with Gasteiger partial charge in [0.2, 0.25) is 5.91 Å². The Kier molecular flexibility index (Phi) is 7.95. The van der Waals surface area contributed by atoms with Crippen LogP contribution in [0.25, 0.3) is 0 Å². The minimum absolute atomic E-state index is 0. The number of carbonyl (C=O) groups excluding carboxylic acids is 1. The van der Waals surface area contributed by atoms with E-state index in [0.29, 0.717) is 19.5 Å². The van der Waals surface area contributed by atoms with E-state index in [2.05, 4.69) is 27.0 Å². The number of ether oxygens (including phenoxy) is 1. The highest BCUT2D eigenvalue weighted by Gasteiger charge is 2.24. The highest BCUT2D eigenvalue weighted by Crippen LogP contribution is 2.31. The Balaban J connectivity index is 0.00000225. The summed E-state index contributed by atoms with van der Waals surface area (Å²) in [5.74, 6) is 1.01. The van der Waals surface area contributed by atoms with Crippen molar-refractivity contribution in [1.29, 1.82) is 0 Å². The van der Waals surface area contributed by atoms with E-state index in [4.69, 9.17) is 4.74 Å². The van der Waals surface area contributed by atoms with Crippen molar-refractivity contribution < 1.29 is 9.53 Å². The van der Waals surface area contributed by atoms with Crippen LogP contribution < -0.4 is 16.0 Å². The molecule has 25 heavy (non-hydrogen) atoms. The van der Waals surface area contributed by atoms with Crippen LogP contribution in [-0.2, 0) is 9.53 Å². The van der Waals surface area contributed by atoms with Gasteiger partial charge in [-0.25, -0.2) is 0 Å². The minimum Gasteiger partial charge on any atom is -0.376 e. The summed E-state index contributed by atoms with van der Waals surface area (Å²) in [5, 5.41) is 9.58. The molecule has 1 aromatic carbocycles. The van der Waals surface area contributed by atoms with E-state index in [9.17, 15) is 4.79 Å². The van der Waals surface area contributed by atoms with Crippen LogP contribution in [-0.4, -0.2) is 44.2 Å². The van der Waals surface area contributed by atoms with Crippen LogP contribution in [0.1, 0.15) is 37.7 Å². The van der Waals surface area contributed by atoms with Gasteiger partial charge in [0.05, 0.1) is 12.6 Å². The van der Waals surface area contributed by atoms with E-state index >= 15 is 0 Å². The van der Waals surface area contributed by atoms with Gasteiger partial charge in [-0.15, -0.1) is 24.0 Å². The summed E-state index contributed by atoms with van der Waals surface area (Å²) in [6.07, 6.45) is 2.94. The van der Waals surface area contributed by atoms with Crippen molar-refractivity contribution >= 4 is 41.5 Å². The highest BCUT2D eigenvalue weighted by molar-refractivity contribution is 14.0. The van der Waals surface area contributed by atoms with Gasteiger partial charge in [-0.05, 0) is 31.4 Å². The van der Waals surface area contributed by atoms with E-state index in [-0.39, 0.29) is 41.9 Å². The number of hydrogen-bond acceptors (Lipinski definition) is 3. The van der Waals surface area contributed by atoms with Gasteiger partial charge in [0, 0.05) is 37.7 Å². The number of nitrogens with one attached hydrogen (secondary N) is 3. The maximum Gasteiger partial charge on any atom is 0.225 e. The number of carbonyl (C=O) groups is 1. The van der Waals surface area contributed by atoms with Crippen molar-refractivity contribution in [2.24, 2.45) is 4.99 Å². The number of fused-ring (bicyclic) bond motifs is 1. The summed E-state index contributed by atoms with van der Waals surface area (Å²) in [7, 11) is 0. The molecule has 1 fully saturated rings. The minimum atomic E-state index is 0. The molecule has 0 aliphatic carbocycles. The number of hydrogen-bond donors (Lipinski definition) is 3. The van der Waals surface area contributed by atoms with Gasteiger partial charge < -0.3 is 20.7 Å². The first-order valence-electron chi connectivity index (χ1n) is 8.79. The molecular weight excluding hydrogens is 431 g/mol. The third-order valence-corrected chi connectivity index (χ3v) is 4.44. The summed E-state index contributed by atoms with van der Waals surface area (Å²) >= 11 is 0. The van der Waals surface area contributed by atoms with Crippen LogP contribution >= 0.6 is 24.0 Å². The molecule has 2 aliphatic rings. The van der Waals surface area contributed by atoms with Crippen LogP contribution in [0, 0.1) is 0 Å². The second-order valence-electron chi connectivity index (χ2n) is 6.27. The molecule has 2 heterocycles. The van der Waals surface area contributed by atoms with Gasteiger partial charge in [-0.2, -0.15) is 0 Å². The largest absolute Gasteiger partial charge is 0.376 e. The predicted octanol–water partition coefficient (Wildman–Crippen LogP) is 2.46. The van der Waals surface area contributed by atoms with E-state index in [0.717, 1.165) is 37.6 Å². The van der Waals surface area contributed by atoms with Crippen molar-refractivity contribution in [3.05, 3.63) is 29.8 Å². The molecule has 7 heteroatoms. The number of anilines is 1. The zero-order valence-electron chi connectivity index (χ0n) is 14.6. The lowest BCUT2D eigenvalue weighted by atomic mass is 9.90. The fourth-order valence-electron chi connectivity index (χ4n) is 3.23. The lowest BCUT2D eigenvalue weighted by molar-refractivity contribution is -0.116. The SMILES string of the molecule is CCNC(=NCC1CCCO1)NCC1CC(=O)Nc2ccccc21.I. The summed E-state index contributed by atoms with van der Waals surface area (Å²) in [6.45, 7) is 5.06. The molecule has 2 unspecified atom stereocenters. The third kappa shape index (κ3) is 5.57. The number of benzene rings is 1. The van der Waals surface area contributed by atoms with E-state index < -0.39 is 0 Å². The zero-order chi connectivity index (χ0) is 16.8. The number of aliphatic imine (C=N–C) groups is 1. The first kappa shape index (κ1) is 20.0. The van der Waals surface area contributed by atoms with Crippen LogP contribution in [0.5, 0.6) is 0 Å². The molecule has 3 rings (SSSR count). The molecule has 0 radical (unpaired) electrons. The van der Waals surface area contributed by atoms with Crippen molar-refractivity contribution in [1.82, 2.24) is 10.6 Å². The highest BCUT2D eigenvalue weighted by atomic mass is 127. The fraction of sp³-hybridized carbons (Fsp3) is 0.556. The van der Waals surface area contributed by atoms with E-state index in [1.54, 1.807) is 0 Å². The average Bonchev–Trinajstić information content (AvgIpc) is 3.10. The molecule has 1 amide bonds. The second kappa shape index (κ2) is 9.96. The standard InChI is InChI=1S/C18H26N4O2.HI/c1-2-19-18(21-12-14-6-5-9-24-14)20-11-13-10-17(23)22-16-8-4-3-7-15(13)16;/h3-4,7-8,13-14H,2,5-6,9-12H2,1H3,(H,22,23)(H2,19,20,21);1H. The van der Waals surface area contributed by atoms with Crippen LogP contribution in [0.3, 0.4) is 0 Å². The molecule has 2 atom stereocenters. The van der Waals surface area contributed by atoms with Crippen molar-refractivity contribution in [3.63, 3.8) is 0 Å². The summed E-state index contributed by atoms with van der Waals surface area (Å²) in [4.78, 5) is 16.5. The molecule has 0 saturated carbocycles. The number of amides is 1. The van der Waals surface area contributed by atoms with Crippen LogP contribution in [0.2, 0.25) is 0 Å². The molecule has 3 N–H and O–H groups in total. The summed E-state index contributed by atoms with van der Waals surface area (Å²) < 4.78 is 5.62. The Hall–Kier alpha value is -1.35. The number of rotatable bonds is 5. The van der Waals surface area contributed by atoms with Crippen molar-refractivity contribution in [3.8, 4) is 0 Å². The fourth-order valence-corrected chi connectivity index (χ4v) is 3.23. The Morgan fingerprint density at radius 3 is 2.96 bits per heavy atom. The number of para-hydroxylation sites is 1. The number of guanidine groups is 1. The molecule has 0 spiro atoms. The van der Waals surface area contributed by atoms with Gasteiger partial charge in [0.15, 0.2) is 5.96 Å². The smallest absolute Gasteiger partial charge is 0.225 e. The van der Waals surface area contributed by atoms with E-state index in [1.165, 1.54) is 5.56 Å². The Morgan fingerprint density at radius 2 is 2.20 bits per heavy atom. The van der Waals surface area contributed by atoms with Gasteiger partial charge in [0.1, 0.15) is 0 Å². The van der Waals surface area contributed by atoms with Gasteiger partial charge in [0.25, 0.3) is 0 Å². The molecule has 2 aliphatic heterocycles. The van der Waals surface area contributed by atoms with Gasteiger partial charge >= 0.3 is 0 Å². The van der Waals surface area contributed by atoms with Crippen LogP contribution in [0.4, 0.5) is 5.69 Å². The van der Waals surface area contributed by atoms with Crippen molar-refractivity contribution in [2.75, 3.05) is 31.6 Å². The molecule has 138 valence electrons. The topological polar surface area (TPSA) is 74.8 Å². The Bertz CT molecular complexity index is 602. The monoisotopic (exact) mass is 458 g/mol. The molecule has 1 aromatic rings. The summed E-state index contributed by atoms with van der Waals surface area (Å²) in [6, 6.07) is 8.00. The molecular formula is C18H27IN4O2. The first-order valence-corrected chi connectivity index (χ1v) is 8.79. The second-order valence-corrected chi connectivity index (χ2v) is 6.27. The summed E-state index contributed by atoms with van der Waals surface area (Å²) in [5.41, 5.74) is 2.10. The maximum atomic E-state index is 11.9. The number of nitrogens with zero attached hydrogens (tertiary/aromatic N) is 1.